The summed E-state index contributed by atoms with van der Waals surface area (Å²) < 4.78 is 5.18. The molecule has 2 aromatic carbocycles. The van der Waals surface area contributed by atoms with Crippen LogP contribution in [-0.2, 0) is 12.8 Å². The Balaban J connectivity index is 1.79. The summed E-state index contributed by atoms with van der Waals surface area (Å²) in [6.07, 6.45) is 2.01. The van der Waals surface area contributed by atoms with Crippen LogP contribution < -0.4 is 15.8 Å². The first-order chi connectivity index (χ1) is 10.2. The van der Waals surface area contributed by atoms with E-state index in [-0.39, 0.29) is 0 Å². The van der Waals surface area contributed by atoms with Gasteiger partial charge in [0.15, 0.2) is 0 Å². The average Bonchev–Trinajstić information content (AvgIpc) is 2.48. The van der Waals surface area contributed by atoms with Gasteiger partial charge in [-0.15, -0.1) is 0 Å². The monoisotopic (exact) mass is 284 g/mol. The highest BCUT2D eigenvalue weighted by atomic mass is 16.5. The molecule has 0 aliphatic heterocycles. The molecule has 0 radical (unpaired) electrons. The molecule has 0 heterocycles. The predicted molar refractivity (Wildman–Crippen MR) is 88.7 cm³/mol. The Kier molecular flexibility index (Phi) is 5.64. The minimum absolute atomic E-state index is 0.418. The van der Waals surface area contributed by atoms with Gasteiger partial charge in [0, 0.05) is 6.04 Å². The Morgan fingerprint density at radius 1 is 1.10 bits per heavy atom. The van der Waals surface area contributed by atoms with Crippen LogP contribution in [0.1, 0.15) is 18.1 Å². The number of nitrogens with two attached hydrogens (primary N) is 1. The van der Waals surface area contributed by atoms with Crippen LogP contribution in [0.25, 0.3) is 0 Å². The zero-order valence-corrected chi connectivity index (χ0v) is 12.8. The molecule has 0 aromatic heterocycles. The highest BCUT2D eigenvalue weighted by molar-refractivity contribution is 5.54. The van der Waals surface area contributed by atoms with Crippen molar-refractivity contribution in [2.75, 3.05) is 19.4 Å². The molecule has 2 aromatic rings. The van der Waals surface area contributed by atoms with Gasteiger partial charge in [0.1, 0.15) is 5.75 Å². The summed E-state index contributed by atoms with van der Waals surface area (Å²) in [5.41, 5.74) is 9.23. The maximum atomic E-state index is 5.94. The maximum Gasteiger partial charge on any atom is 0.141 e. The normalized spacial score (nSPS) is 12.1. The van der Waals surface area contributed by atoms with Crippen LogP contribution >= 0.6 is 0 Å². The molecule has 1 unspecified atom stereocenters. The molecule has 0 spiro atoms. The molecule has 0 saturated heterocycles. The molecule has 0 bridgehead atoms. The summed E-state index contributed by atoms with van der Waals surface area (Å²) in [6, 6.07) is 17.0. The van der Waals surface area contributed by atoms with E-state index in [2.05, 4.69) is 42.6 Å². The second-order valence-electron chi connectivity index (χ2n) is 5.37. The highest BCUT2D eigenvalue weighted by Gasteiger charge is 2.05. The van der Waals surface area contributed by atoms with Gasteiger partial charge < -0.3 is 15.8 Å². The minimum atomic E-state index is 0.418. The van der Waals surface area contributed by atoms with Crippen LogP contribution in [0.4, 0.5) is 5.69 Å². The lowest BCUT2D eigenvalue weighted by Crippen LogP contribution is -2.30. The van der Waals surface area contributed by atoms with E-state index in [4.69, 9.17) is 10.5 Å². The van der Waals surface area contributed by atoms with Gasteiger partial charge in [0.05, 0.1) is 12.8 Å². The maximum absolute atomic E-state index is 5.94. The molecule has 0 aliphatic rings. The Hall–Kier alpha value is -2.00. The standard InChI is InChI=1S/C18H24N2O/c1-14(20-11-10-15-6-4-3-5-7-15)12-16-8-9-18(21-2)17(19)13-16/h3-9,13-14,20H,10-12,19H2,1-2H3. The largest absolute Gasteiger partial charge is 0.495 e. The van der Waals surface area contributed by atoms with Crippen LogP contribution in [0.5, 0.6) is 5.75 Å². The SMILES string of the molecule is COc1ccc(CC(C)NCCc2ccccc2)cc1N. The summed E-state index contributed by atoms with van der Waals surface area (Å²) in [7, 11) is 1.64. The molecule has 1 atom stereocenters. The van der Waals surface area contributed by atoms with Crippen molar-refractivity contribution in [1.29, 1.82) is 0 Å². The summed E-state index contributed by atoms with van der Waals surface area (Å²) in [5, 5.41) is 3.56. The zero-order chi connectivity index (χ0) is 15.1. The number of nitrogens with one attached hydrogen (secondary N) is 1. The average molecular weight is 284 g/mol. The summed E-state index contributed by atoms with van der Waals surface area (Å²) in [5.74, 6) is 0.739. The van der Waals surface area contributed by atoms with E-state index in [1.807, 2.05) is 18.2 Å². The van der Waals surface area contributed by atoms with Crippen molar-refractivity contribution < 1.29 is 4.74 Å². The third kappa shape index (κ3) is 4.80. The van der Waals surface area contributed by atoms with Gasteiger partial charge in [-0.25, -0.2) is 0 Å². The quantitative estimate of drug-likeness (QED) is 0.768. The second kappa shape index (κ2) is 7.70. The smallest absolute Gasteiger partial charge is 0.141 e. The predicted octanol–water partition coefficient (Wildman–Crippen LogP) is 3.04. The Morgan fingerprint density at radius 3 is 2.52 bits per heavy atom. The minimum Gasteiger partial charge on any atom is -0.495 e. The van der Waals surface area contributed by atoms with E-state index in [1.165, 1.54) is 11.1 Å². The molecule has 0 saturated carbocycles. The Morgan fingerprint density at radius 2 is 1.86 bits per heavy atom. The van der Waals surface area contributed by atoms with Gasteiger partial charge in [0.2, 0.25) is 0 Å². The molecule has 3 N–H and O–H groups in total. The Bertz CT molecular complexity index is 554. The first-order valence-electron chi connectivity index (χ1n) is 7.38. The third-order valence-electron chi connectivity index (χ3n) is 3.59. The molecule has 112 valence electrons. The Labute approximate surface area is 127 Å². The molecule has 2 rings (SSSR count). The number of anilines is 1. The van der Waals surface area contributed by atoms with Gasteiger partial charge >= 0.3 is 0 Å². The lowest BCUT2D eigenvalue weighted by atomic mass is 10.1. The number of ether oxygens (including phenoxy) is 1. The lowest BCUT2D eigenvalue weighted by Gasteiger charge is -2.15. The molecular formula is C18H24N2O. The van der Waals surface area contributed by atoms with Crippen molar-refractivity contribution in [1.82, 2.24) is 5.32 Å². The van der Waals surface area contributed by atoms with Crippen LogP contribution in [0.2, 0.25) is 0 Å². The fraction of sp³-hybridized carbons (Fsp3) is 0.333. The number of rotatable bonds is 7. The van der Waals surface area contributed by atoms with Gasteiger partial charge in [-0.05, 0) is 49.6 Å². The fourth-order valence-electron chi connectivity index (χ4n) is 2.44. The number of methoxy groups -OCH3 is 1. The van der Waals surface area contributed by atoms with Gasteiger partial charge in [0.25, 0.3) is 0 Å². The third-order valence-corrected chi connectivity index (χ3v) is 3.59. The van der Waals surface area contributed by atoms with E-state index in [1.54, 1.807) is 7.11 Å². The number of hydrogen-bond acceptors (Lipinski definition) is 3. The number of benzene rings is 2. The molecule has 0 fully saturated rings. The molecule has 3 heteroatoms. The van der Waals surface area contributed by atoms with Crippen molar-refractivity contribution in [3.8, 4) is 5.75 Å². The van der Waals surface area contributed by atoms with E-state index in [9.17, 15) is 0 Å². The van der Waals surface area contributed by atoms with Crippen LogP contribution in [0, 0.1) is 0 Å². The molecule has 3 nitrogen and oxygen atoms in total. The van der Waals surface area contributed by atoms with Crippen LogP contribution in [-0.4, -0.2) is 19.7 Å². The van der Waals surface area contributed by atoms with E-state index >= 15 is 0 Å². The van der Waals surface area contributed by atoms with Gasteiger partial charge in [-0.3, -0.25) is 0 Å². The summed E-state index contributed by atoms with van der Waals surface area (Å²) >= 11 is 0. The highest BCUT2D eigenvalue weighted by Crippen LogP contribution is 2.22. The zero-order valence-electron chi connectivity index (χ0n) is 12.8. The molecule has 0 amide bonds. The summed E-state index contributed by atoms with van der Waals surface area (Å²) in [4.78, 5) is 0. The fourth-order valence-corrected chi connectivity index (χ4v) is 2.44. The lowest BCUT2D eigenvalue weighted by molar-refractivity contribution is 0.416. The van der Waals surface area contributed by atoms with Crippen molar-refractivity contribution >= 4 is 5.69 Å². The topological polar surface area (TPSA) is 47.3 Å². The molecule has 21 heavy (non-hydrogen) atoms. The number of hydrogen-bond donors (Lipinski definition) is 2. The first-order valence-corrected chi connectivity index (χ1v) is 7.38. The molecule has 0 aliphatic carbocycles. The van der Waals surface area contributed by atoms with Crippen LogP contribution in [0.15, 0.2) is 48.5 Å². The number of nitrogen functional groups attached to an aromatic ring is 1. The van der Waals surface area contributed by atoms with Crippen molar-refractivity contribution in [2.24, 2.45) is 0 Å². The van der Waals surface area contributed by atoms with Crippen molar-refractivity contribution in [3.05, 3.63) is 59.7 Å². The van der Waals surface area contributed by atoms with E-state index < -0.39 is 0 Å². The van der Waals surface area contributed by atoms with Crippen molar-refractivity contribution in [2.45, 2.75) is 25.8 Å². The van der Waals surface area contributed by atoms with E-state index in [0.717, 1.165) is 25.1 Å². The van der Waals surface area contributed by atoms with Crippen LogP contribution in [0.3, 0.4) is 0 Å². The second-order valence-corrected chi connectivity index (χ2v) is 5.37. The van der Waals surface area contributed by atoms with Crippen molar-refractivity contribution in [3.63, 3.8) is 0 Å². The van der Waals surface area contributed by atoms with Gasteiger partial charge in [-0.2, -0.15) is 0 Å². The molecular weight excluding hydrogens is 260 g/mol. The summed E-state index contributed by atoms with van der Waals surface area (Å²) in [6.45, 7) is 3.18. The van der Waals surface area contributed by atoms with Gasteiger partial charge in [-0.1, -0.05) is 36.4 Å². The van der Waals surface area contributed by atoms with E-state index in [0.29, 0.717) is 11.7 Å². The first kappa shape index (κ1) is 15.4.